The summed E-state index contributed by atoms with van der Waals surface area (Å²) in [5.74, 6) is -1.33. The zero-order chi connectivity index (χ0) is 15.9. The van der Waals surface area contributed by atoms with Crippen molar-refractivity contribution in [3.8, 4) is 0 Å². The first kappa shape index (κ1) is 15.3. The van der Waals surface area contributed by atoms with Gasteiger partial charge in [-0.15, -0.1) is 23.2 Å². The molecule has 2 N–H and O–H groups in total. The number of imide groups is 1. The third kappa shape index (κ3) is 3.25. The molecule has 1 aromatic rings. The molecule has 3 rings (SSSR count). The Bertz CT molecular complexity index is 643. The second kappa shape index (κ2) is 5.56. The molecular weight excluding hydrogens is 327 g/mol. The minimum atomic E-state index is -0.938. The topological polar surface area (TPSA) is 75.3 Å². The van der Waals surface area contributed by atoms with Gasteiger partial charge in [0.2, 0.25) is 17.7 Å². The molecule has 0 spiro atoms. The molecule has 3 amide bonds. The van der Waals surface area contributed by atoms with E-state index in [1.54, 1.807) is 12.1 Å². The molecule has 1 saturated carbocycles. The summed E-state index contributed by atoms with van der Waals surface area (Å²) in [5, 5.41) is 5.05. The van der Waals surface area contributed by atoms with Crippen molar-refractivity contribution in [1.29, 1.82) is 0 Å². The number of anilines is 1. The largest absolute Gasteiger partial charge is 0.326 e. The van der Waals surface area contributed by atoms with Crippen LogP contribution in [0.25, 0.3) is 0 Å². The van der Waals surface area contributed by atoms with Gasteiger partial charge in [0.15, 0.2) is 0 Å². The quantitative estimate of drug-likeness (QED) is 0.650. The molecule has 0 radical (unpaired) electrons. The highest BCUT2D eigenvalue weighted by molar-refractivity contribution is 6.52. The van der Waals surface area contributed by atoms with E-state index in [0.29, 0.717) is 18.5 Å². The second-order valence-corrected chi connectivity index (χ2v) is 7.26. The van der Waals surface area contributed by atoms with Crippen LogP contribution in [-0.2, 0) is 20.8 Å². The summed E-state index contributed by atoms with van der Waals surface area (Å²) in [6, 6.07) is 7.17. The van der Waals surface area contributed by atoms with Crippen molar-refractivity contribution < 1.29 is 14.4 Å². The minimum Gasteiger partial charge on any atom is -0.326 e. The Morgan fingerprint density at radius 1 is 1.27 bits per heavy atom. The Kier molecular flexibility index (Phi) is 3.87. The number of benzene rings is 1. The van der Waals surface area contributed by atoms with E-state index in [1.165, 1.54) is 0 Å². The minimum absolute atomic E-state index is 0.196. The Hall–Kier alpha value is -1.59. The molecule has 1 heterocycles. The fourth-order valence-corrected chi connectivity index (χ4v) is 3.01. The van der Waals surface area contributed by atoms with Crippen molar-refractivity contribution in [2.45, 2.75) is 23.6 Å². The highest BCUT2D eigenvalue weighted by atomic mass is 35.5. The maximum Gasteiger partial charge on any atom is 0.230 e. The number of rotatable bonds is 4. The van der Waals surface area contributed by atoms with Crippen LogP contribution in [0.3, 0.4) is 0 Å². The predicted octanol–water partition coefficient (Wildman–Crippen LogP) is 2.02. The van der Waals surface area contributed by atoms with Crippen LogP contribution >= 0.6 is 23.2 Å². The van der Waals surface area contributed by atoms with Gasteiger partial charge in [0, 0.05) is 12.1 Å². The zero-order valence-electron chi connectivity index (χ0n) is 11.6. The average Bonchev–Trinajstić information content (AvgIpc) is 2.97. The lowest BCUT2D eigenvalue weighted by atomic mass is 9.98. The standard InChI is InChI=1S/C15H14Cl2N2O3/c16-15(17)7-11(15)14(22)18-10-3-1-8(2-4-10)5-9-6-12(20)19-13(9)21/h1-4,9,11H,5-7H2,(H,18,22)(H,19,20,21). The van der Waals surface area contributed by atoms with Crippen molar-refractivity contribution in [1.82, 2.24) is 5.32 Å². The lowest BCUT2D eigenvalue weighted by Crippen LogP contribution is -2.22. The van der Waals surface area contributed by atoms with E-state index in [-0.39, 0.29) is 36.0 Å². The molecule has 2 fully saturated rings. The van der Waals surface area contributed by atoms with Crippen molar-refractivity contribution in [2.75, 3.05) is 5.32 Å². The number of carbonyl (C=O) groups excluding carboxylic acids is 3. The number of halogens is 2. The van der Waals surface area contributed by atoms with Gasteiger partial charge in [-0.2, -0.15) is 0 Å². The normalized spacial score (nSPS) is 25.7. The van der Waals surface area contributed by atoms with Crippen LogP contribution in [0.15, 0.2) is 24.3 Å². The van der Waals surface area contributed by atoms with Gasteiger partial charge in [-0.3, -0.25) is 19.7 Å². The third-order valence-electron chi connectivity index (χ3n) is 3.91. The van der Waals surface area contributed by atoms with Gasteiger partial charge in [-0.25, -0.2) is 0 Å². The molecule has 0 bridgehead atoms. The van der Waals surface area contributed by atoms with Crippen LogP contribution in [0.5, 0.6) is 0 Å². The van der Waals surface area contributed by atoms with E-state index in [2.05, 4.69) is 10.6 Å². The van der Waals surface area contributed by atoms with Crippen LogP contribution in [0.1, 0.15) is 18.4 Å². The molecule has 7 heteroatoms. The fraction of sp³-hybridized carbons (Fsp3) is 0.400. The molecule has 2 unspecified atom stereocenters. The number of nitrogens with one attached hydrogen (secondary N) is 2. The lowest BCUT2D eigenvalue weighted by molar-refractivity contribution is -0.125. The highest BCUT2D eigenvalue weighted by Crippen LogP contribution is 2.53. The summed E-state index contributed by atoms with van der Waals surface area (Å²) in [7, 11) is 0. The predicted molar refractivity (Wildman–Crippen MR) is 82.6 cm³/mol. The number of carbonyl (C=O) groups is 3. The number of alkyl halides is 2. The van der Waals surface area contributed by atoms with E-state index in [1.807, 2.05) is 12.1 Å². The van der Waals surface area contributed by atoms with Crippen molar-refractivity contribution in [2.24, 2.45) is 11.8 Å². The van der Waals surface area contributed by atoms with E-state index < -0.39 is 4.33 Å². The highest BCUT2D eigenvalue weighted by Gasteiger charge is 2.56. The number of amides is 3. The molecular formula is C15H14Cl2N2O3. The van der Waals surface area contributed by atoms with Crippen molar-refractivity contribution >= 4 is 46.6 Å². The van der Waals surface area contributed by atoms with Gasteiger partial charge in [-0.05, 0) is 30.5 Å². The Morgan fingerprint density at radius 2 is 1.91 bits per heavy atom. The molecule has 1 saturated heterocycles. The number of hydrogen-bond acceptors (Lipinski definition) is 3. The Balaban J connectivity index is 1.57. The molecule has 1 aliphatic carbocycles. The monoisotopic (exact) mass is 340 g/mol. The maximum absolute atomic E-state index is 11.9. The zero-order valence-corrected chi connectivity index (χ0v) is 13.1. The molecule has 1 aliphatic heterocycles. The van der Waals surface area contributed by atoms with Crippen LogP contribution in [-0.4, -0.2) is 22.1 Å². The summed E-state index contributed by atoms with van der Waals surface area (Å²) in [5.41, 5.74) is 1.58. The first-order chi connectivity index (χ1) is 10.3. The molecule has 0 aromatic heterocycles. The van der Waals surface area contributed by atoms with Crippen LogP contribution in [0.4, 0.5) is 5.69 Å². The first-order valence-electron chi connectivity index (χ1n) is 6.96. The van der Waals surface area contributed by atoms with E-state index in [4.69, 9.17) is 23.2 Å². The van der Waals surface area contributed by atoms with E-state index in [0.717, 1.165) is 5.56 Å². The molecule has 2 aliphatic rings. The lowest BCUT2D eigenvalue weighted by Gasteiger charge is -2.08. The second-order valence-electron chi connectivity index (χ2n) is 5.72. The summed E-state index contributed by atoms with van der Waals surface area (Å²) in [6.45, 7) is 0. The van der Waals surface area contributed by atoms with Crippen LogP contribution < -0.4 is 10.6 Å². The summed E-state index contributed by atoms with van der Waals surface area (Å²) < 4.78 is -0.938. The van der Waals surface area contributed by atoms with Gasteiger partial charge in [0.05, 0.1) is 11.8 Å². The SMILES string of the molecule is O=C1CC(Cc2ccc(NC(=O)C3CC3(Cl)Cl)cc2)C(=O)N1. The molecule has 116 valence electrons. The maximum atomic E-state index is 11.9. The summed E-state index contributed by atoms with van der Waals surface area (Å²) in [6.07, 6.45) is 1.19. The Morgan fingerprint density at radius 3 is 2.41 bits per heavy atom. The average molecular weight is 341 g/mol. The van der Waals surface area contributed by atoms with Crippen LogP contribution in [0.2, 0.25) is 0 Å². The fourth-order valence-electron chi connectivity index (χ4n) is 2.51. The molecule has 1 aromatic carbocycles. The van der Waals surface area contributed by atoms with Gasteiger partial charge < -0.3 is 5.32 Å². The molecule has 5 nitrogen and oxygen atoms in total. The Labute approximate surface area is 137 Å². The number of hydrogen-bond donors (Lipinski definition) is 2. The van der Waals surface area contributed by atoms with Gasteiger partial charge in [0.1, 0.15) is 4.33 Å². The van der Waals surface area contributed by atoms with E-state index in [9.17, 15) is 14.4 Å². The van der Waals surface area contributed by atoms with Crippen molar-refractivity contribution in [3.05, 3.63) is 29.8 Å². The molecule has 22 heavy (non-hydrogen) atoms. The summed E-state index contributed by atoms with van der Waals surface area (Å²) >= 11 is 11.7. The van der Waals surface area contributed by atoms with Gasteiger partial charge >= 0.3 is 0 Å². The summed E-state index contributed by atoms with van der Waals surface area (Å²) in [4.78, 5) is 34.5. The smallest absolute Gasteiger partial charge is 0.230 e. The van der Waals surface area contributed by atoms with Crippen molar-refractivity contribution in [3.63, 3.8) is 0 Å². The van der Waals surface area contributed by atoms with E-state index >= 15 is 0 Å². The van der Waals surface area contributed by atoms with Gasteiger partial charge in [-0.1, -0.05) is 12.1 Å². The first-order valence-corrected chi connectivity index (χ1v) is 7.72. The molecule has 2 atom stereocenters. The third-order valence-corrected chi connectivity index (χ3v) is 4.75. The van der Waals surface area contributed by atoms with Crippen LogP contribution in [0, 0.1) is 11.8 Å². The van der Waals surface area contributed by atoms with Gasteiger partial charge in [0.25, 0.3) is 0 Å².